The second-order valence-electron chi connectivity index (χ2n) is 3.83. The number of nitrogens with zero attached hydrogens (tertiary/aromatic N) is 1. The van der Waals surface area contributed by atoms with Gasteiger partial charge in [-0.2, -0.15) is 0 Å². The van der Waals surface area contributed by atoms with E-state index in [4.69, 9.17) is 5.21 Å². The van der Waals surface area contributed by atoms with E-state index < -0.39 is 0 Å². The summed E-state index contributed by atoms with van der Waals surface area (Å²) in [7, 11) is 0. The Morgan fingerprint density at radius 1 is 1.20 bits per heavy atom. The van der Waals surface area contributed by atoms with Gasteiger partial charge in [-0.3, -0.25) is 10.7 Å². The molecule has 0 spiro atoms. The Morgan fingerprint density at radius 3 is 2.53 bits per heavy atom. The van der Waals surface area contributed by atoms with E-state index in [0.717, 1.165) is 25.9 Å². The molecular formula is C11H15FN2O. The largest absolute Gasteiger partial charge is 0.369 e. The first kappa shape index (κ1) is 10.2. The van der Waals surface area contributed by atoms with Crippen LogP contribution in [0.3, 0.4) is 0 Å². The second-order valence-corrected chi connectivity index (χ2v) is 3.83. The van der Waals surface area contributed by atoms with Crippen LogP contribution < -0.4 is 10.4 Å². The molecule has 1 aliphatic heterocycles. The van der Waals surface area contributed by atoms with Gasteiger partial charge in [0.1, 0.15) is 5.82 Å². The summed E-state index contributed by atoms with van der Waals surface area (Å²) in [5.74, 6) is -0.282. The molecule has 0 amide bonds. The monoisotopic (exact) mass is 210 g/mol. The lowest BCUT2D eigenvalue weighted by atomic mass is 10.1. The van der Waals surface area contributed by atoms with Gasteiger partial charge in [-0.15, -0.1) is 0 Å². The lowest BCUT2D eigenvalue weighted by molar-refractivity contribution is 0.388. The SMILES string of the molecule is ONc1ccc(N2CCCCC2)c(F)c1. The van der Waals surface area contributed by atoms with Crippen LogP contribution in [0.2, 0.25) is 0 Å². The van der Waals surface area contributed by atoms with Gasteiger partial charge in [-0.1, -0.05) is 0 Å². The molecule has 1 saturated heterocycles. The van der Waals surface area contributed by atoms with E-state index in [9.17, 15) is 4.39 Å². The molecule has 0 radical (unpaired) electrons. The predicted molar refractivity (Wildman–Crippen MR) is 57.9 cm³/mol. The summed E-state index contributed by atoms with van der Waals surface area (Å²) >= 11 is 0. The molecule has 82 valence electrons. The third-order valence-electron chi connectivity index (χ3n) is 2.77. The van der Waals surface area contributed by atoms with Crippen molar-refractivity contribution in [2.75, 3.05) is 23.5 Å². The van der Waals surface area contributed by atoms with Crippen LogP contribution in [0, 0.1) is 5.82 Å². The molecule has 2 rings (SSSR count). The lowest BCUT2D eigenvalue weighted by Gasteiger charge is -2.29. The van der Waals surface area contributed by atoms with Gasteiger partial charge in [0.15, 0.2) is 0 Å². The normalized spacial score (nSPS) is 16.5. The number of halogens is 1. The van der Waals surface area contributed by atoms with Gasteiger partial charge in [-0.05, 0) is 31.4 Å². The summed E-state index contributed by atoms with van der Waals surface area (Å²) in [6, 6.07) is 4.69. The minimum Gasteiger partial charge on any atom is -0.369 e. The highest BCUT2D eigenvalue weighted by atomic mass is 19.1. The van der Waals surface area contributed by atoms with Crippen molar-refractivity contribution >= 4 is 11.4 Å². The molecular weight excluding hydrogens is 195 g/mol. The van der Waals surface area contributed by atoms with Gasteiger partial charge in [0.2, 0.25) is 0 Å². The van der Waals surface area contributed by atoms with E-state index in [0.29, 0.717) is 11.4 Å². The average Bonchev–Trinajstić information content (AvgIpc) is 2.30. The molecule has 1 fully saturated rings. The van der Waals surface area contributed by atoms with Crippen molar-refractivity contribution in [1.29, 1.82) is 0 Å². The zero-order valence-electron chi connectivity index (χ0n) is 8.54. The standard InChI is InChI=1S/C11H15FN2O/c12-10-8-9(13-15)4-5-11(10)14-6-2-1-3-7-14/h4-5,8,13,15H,1-3,6-7H2. The van der Waals surface area contributed by atoms with Crippen LogP contribution in [0.5, 0.6) is 0 Å². The predicted octanol–water partition coefficient (Wildman–Crippen LogP) is 2.62. The number of benzene rings is 1. The molecule has 1 aromatic carbocycles. The van der Waals surface area contributed by atoms with Crippen LogP contribution in [0.15, 0.2) is 18.2 Å². The summed E-state index contributed by atoms with van der Waals surface area (Å²) in [6.45, 7) is 1.84. The number of hydrogen-bond acceptors (Lipinski definition) is 3. The van der Waals surface area contributed by atoms with Crippen molar-refractivity contribution in [3.63, 3.8) is 0 Å². The number of anilines is 2. The highest BCUT2D eigenvalue weighted by molar-refractivity contribution is 5.55. The fourth-order valence-electron chi connectivity index (χ4n) is 1.97. The van der Waals surface area contributed by atoms with Crippen molar-refractivity contribution in [3.8, 4) is 0 Å². The van der Waals surface area contributed by atoms with Crippen molar-refractivity contribution < 1.29 is 9.60 Å². The molecule has 0 aromatic heterocycles. The number of nitrogens with one attached hydrogen (secondary N) is 1. The highest BCUT2D eigenvalue weighted by Gasteiger charge is 2.14. The Morgan fingerprint density at radius 2 is 1.93 bits per heavy atom. The smallest absolute Gasteiger partial charge is 0.148 e. The van der Waals surface area contributed by atoms with E-state index in [-0.39, 0.29) is 5.82 Å². The summed E-state index contributed by atoms with van der Waals surface area (Å²) in [4.78, 5) is 2.06. The average molecular weight is 210 g/mol. The van der Waals surface area contributed by atoms with Gasteiger partial charge in [0.05, 0.1) is 11.4 Å². The van der Waals surface area contributed by atoms with Gasteiger partial charge < -0.3 is 4.90 Å². The fourth-order valence-corrected chi connectivity index (χ4v) is 1.97. The van der Waals surface area contributed by atoms with E-state index in [1.165, 1.54) is 12.5 Å². The molecule has 0 atom stereocenters. The van der Waals surface area contributed by atoms with Gasteiger partial charge >= 0.3 is 0 Å². The van der Waals surface area contributed by atoms with Crippen LogP contribution >= 0.6 is 0 Å². The van der Waals surface area contributed by atoms with Gasteiger partial charge in [0, 0.05) is 19.2 Å². The zero-order valence-corrected chi connectivity index (χ0v) is 8.54. The summed E-state index contributed by atoms with van der Waals surface area (Å²) in [6.07, 6.45) is 3.48. The van der Waals surface area contributed by atoms with E-state index >= 15 is 0 Å². The van der Waals surface area contributed by atoms with Crippen LogP contribution in [-0.2, 0) is 0 Å². The van der Waals surface area contributed by atoms with Crippen molar-refractivity contribution in [1.82, 2.24) is 0 Å². The van der Waals surface area contributed by atoms with Crippen LogP contribution in [0.25, 0.3) is 0 Å². The Hall–Kier alpha value is -1.29. The van der Waals surface area contributed by atoms with Gasteiger partial charge in [0.25, 0.3) is 0 Å². The van der Waals surface area contributed by atoms with E-state index in [1.807, 2.05) is 5.48 Å². The summed E-state index contributed by atoms with van der Waals surface area (Å²) in [5.41, 5.74) is 2.96. The Labute approximate surface area is 88.5 Å². The summed E-state index contributed by atoms with van der Waals surface area (Å²) < 4.78 is 13.6. The highest BCUT2D eigenvalue weighted by Crippen LogP contribution is 2.25. The molecule has 0 aliphatic carbocycles. The Balaban J connectivity index is 2.19. The van der Waals surface area contributed by atoms with E-state index in [2.05, 4.69) is 4.90 Å². The molecule has 3 nitrogen and oxygen atoms in total. The van der Waals surface area contributed by atoms with Crippen molar-refractivity contribution in [2.45, 2.75) is 19.3 Å². The molecule has 4 heteroatoms. The summed E-state index contributed by atoms with van der Waals surface area (Å²) in [5, 5.41) is 8.63. The molecule has 1 aliphatic rings. The number of rotatable bonds is 2. The maximum Gasteiger partial charge on any atom is 0.148 e. The molecule has 0 bridgehead atoms. The number of hydrogen-bond donors (Lipinski definition) is 2. The van der Waals surface area contributed by atoms with Crippen LogP contribution in [0.4, 0.5) is 15.8 Å². The minimum absolute atomic E-state index is 0.282. The number of piperidine rings is 1. The first-order valence-corrected chi connectivity index (χ1v) is 5.26. The van der Waals surface area contributed by atoms with E-state index in [1.54, 1.807) is 12.1 Å². The Bertz CT molecular complexity index is 337. The third-order valence-corrected chi connectivity index (χ3v) is 2.77. The molecule has 15 heavy (non-hydrogen) atoms. The molecule has 0 unspecified atom stereocenters. The molecule has 0 saturated carbocycles. The van der Waals surface area contributed by atoms with Gasteiger partial charge in [-0.25, -0.2) is 4.39 Å². The Kier molecular flexibility index (Phi) is 3.06. The third kappa shape index (κ3) is 2.21. The van der Waals surface area contributed by atoms with Crippen LogP contribution in [0.1, 0.15) is 19.3 Å². The van der Waals surface area contributed by atoms with Crippen molar-refractivity contribution in [3.05, 3.63) is 24.0 Å². The fraction of sp³-hybridized carbons (Fsp3) is 0.455. The topological polar surface area (TPSA) is 35.5 Å². The zero-order chi connectivity index (χ0) is 10.7. The lowest BCUT2D eigenvalue weighted by Crippen LogP contribution is -2.30. The first-order chi connectivity index (χ1) is 7.31. The quantitative estimate of drug-likeness (QED) is 0.736. The molecule has 1 aromatic rings. The maximum atomic E-state index is 13.6. The molecule has 2 N–H and O–H groups in total. The van der Waals surface area contributed by atoms with Crippen LogP contribution in [-0.4, -0.2) is 18.3 Å². The molecule has 1 heterocycles. The minimum atomic E-state index is -0.282. The second kappa shape index (κ2) is 4.49. The maximum absolute atomic E-state index is 13.6. The first-order valence-electron chi connectivity index (χ1n) is 5.26. The van der Waals surface area contributed by atoms with Crippen molar-refractivity contribution in [2.24, 2.45) is 0 Å².